The van der Waals surface area contributed by atoms with E-state index in [1.807, 2.05) is 0 Å². The highest BCUT2D eigenvalue weighted by atomic mass is 35.5. The van der Waals surface area contributed by atoms with Gasteiger partial charge in [-0.25, -0.2) is 0 Å². The number of rotatable bonds is 2. The van der Waals surface area contributed by atoms with Gasteiger partial charge in [-0.1, -0.05) is 11.6 Å². The normalized spacial score (nSPS) is 16.9. The largest absolute Gasteiger partial charge is 0.486 e. The van der Waals surface area contributed by atoms with Crippen molar-refractivity contribution in [1.82, 2.24) is 4.90 Å². The first kappa shape index (κ1) is 20.5. The van der Waals surface area contributed by atoms with Crippen molar-refractivity contribution in [3.63, 3.8) is 0 Å². The van der Waals surface area contributed by atoms with Crippen molar-refractivity contribution < 1.29 is 27.5 Å². The van der Waals surface area contributed by atoms with Gasteiger partial charge in [-0.05, 0) is 36.4 Å². The molecule has 0 aromatic heterocycles. The molecule has 2 aromatic carbocycles. The molecule has 0 radical (unpaired) electrons. The molecule has 0 bridgehead atoms. The van der Waals surface area contributed by atoms with Gasteiger partial charge in [0.2, 0.25) is 0 Å². The minimum Gasteiger partial charge on any atom is -0.486 e. The Bertz CT molecular complexity index is 1000. The summed E-state index contributed by atoms with van der Waals surface area (Å²) in [7, 11) is 0. The molecule has 2 aromatic rings. The lowest BCUT2D eigenvalue weighted by Crippen LogP contribution is -2.48. The van der Waals surface area contributed by atoms with Gasteiger partial charge in [0, 0.05) is 49.4 Å². The Labute approximate surface area is 176 Å². The van der Waals surface area contributed by atoms with Crippen LogP contribution in [0.1, 0.15) is 21.5 Å². The van der Waals surface area contributed by atoms with Crippen LogP contribution in [0.2, 0.25) is 5.02 Å². The van der Waals surface area contributed by atoms with E-state index in [4.69, 9.17) is 16.3 Å². The maximum Gasteiger partial charge on any atom is 0.417 e. The maximum absolute atomic E-state index is 13.1. The van der Waals surface area contributed by atoms with Gasteiger partial charge in [-0.2, -0.15) is 13.2 Å². The molecule has 30 heavy (non-hydrogen) atoms. The number of fused-ring (bicyclic) bond motifs is 1. The number of carbonyl (C=O) groups excluding carboxylic acids is 2. The Hall–Kier alpha value is -2.74. The first-order valence-electron chi connectivity index (χ1n) is 9.41. The Balaban J connectivity index is 1.44. The highest BCUT2D eigenvalue weighted by Gasteiger charge is 2.34. The number of piperazine rings is 1. The predicted octanol–water partition coefficient (Wildman–Crippen LogP) is 3.83. The highest BCUT2D eigenvalue weighted by Crippen LogP contribution is 2.37. The van der Waals surface area contributed by atoms with Crippen LogP contribution in [0.3, 0.4) is 0 Å². The highest BCUT2D eigenvalue weighted by molar-refractivity contribution is 6.31. The summed E-state index contributed by atoms with van der Waals surface area (Å²) in [6.45, 7) is 1.59. The minimum absolute atomic E-state index is 0.0399. The van der Waals surface area contributed by atoms with Gasteiger partial charge in [0.25, 0.3) is 5.91 Å². The van der Waals surface area contributed by atoms with Crippen molar-refractivity contribution in [2.24, 2.45) is 0 Å². The molecular weight excluding hydrogens is 421 g/mol. The molecule has 1 fully saturated rings. The Morgan fingerprint density at radius 2 is 1.77 bits per heavy atom. The van der Waals surface area contributed by atoms with Crippen molar-refractivity contribution in [1.29, 1.82) is 0 Å². The van der Waals surface area contributed by atoms with Crippen LogP contribution in [-0.4, -0.2) is 49.4 Å². The quantitative estimate of drug-likeness (QED) is 0.715. The van der Waals surface area contributed by atoms with Gasteiger partial charge in [-0.3, -0.25) is 9.59 Å². The summed E-state index contributed by atoms with van der Waals surface area (Å²) in [5, 5.41) is -0.338. The molecule has 1 amide bonds. The summed E-state index contributed by atoms with van der Waals surface area (Å²) in [6, 6.07) is 8.87. The summed E-state index contributed by atoms with van der Waals surface area (Å²) in [4.78, 5) is 27.9. The second-order valence-corrected chi connectivity index (χ2v) is 7.67. The van der Waals surface area contributed by atoms with E-state index in [0.29, 0.717) is 48.7 Å². The maximum atomic E-state index is 13.1. The van der Waals surface area contributed by atoms with Crippen LogP contribution in [0.25, 0.3) is 0 Å². The molecule has 2 aliphatic rings. The van der Waals surface area contributed by atoms with Crippen molar-refractivity contribution in [2.45, 2.75) is 12.6 Å². The van der Waals surface area contributed by atoms with Crippen LogP contribution in [0.15, 0.2) is 36.4 Å². The van der Waals surface area contributed by atoms with Crippen LogP contribution in [0.5, 0.6) is 5.75 Å². The van der Waals surface area contributed by atoms with Crippen LogP contribution in [0, 0.1) is 0 Å². The molecule has 158 valence electrons. The summed E-state index contributed by atoms with van der Waals surface area (Å²) in [5.74, 6) is 0.392. The van der Waals surface area contributed by atoms with E-state index in [2.05, 4.69) is 0 Å². The van der Waals surface area contributed by atoms with Gasteiger partial charge in [0.1, 0.15) is 12.4 Å². The van der Waals surface area contributed by atoms with Crippen molar-refractivity contribution in [2.75, 3.05) is 37.7 Å². The molecule has 2 heterocycles. The van der Waals surface area contributed by atoms with E-state index in [-0.39, 0.29) is 29.7 Å². The molecule has 0 N–H and O–H groups in total. The van der Waals surface area contributed by atoms with E-state index < -0.39 is 11.7 Å². The number of nitrogens with zero attached hydrogens (tertiary/aromatic N) is 2. The number of alkyl halides is 3. The van der Waals surface area contributed by atoms with E-state index in [0.717, 1.165) is 6.07 Å². The summed E-state index contributed by atoms with van der Waals surface area (Å²) < 4.78 is 44.7. The number of hydrogen-bond acceptors (Lipinski definition) is 4. The van der Waals surface area contributed by atoms with Gasteiger partial charge in [-0.15, -0.1) is 0 Å². The lowest BCUT2D eigenvalue weighted by molar-refractivity contribution is -0.137. The minimum atomic E-state index is -4.53. The predicted molar refractivity (Wildman–Crippen MR) is 105 cm³/mol. The third kappa shape index (κ3) is 4.09. The first-order valence-corrected chi connectivity index (χ1v) is 9.78. The number of halogens is 4. The zero-order chi connectivity index (χ0) is 21.5. The molecule has 0 saturated carbocycles. The molecule has 0 spiro atoms. The van der Waals surface area contributed by atoms with Crippen LogP contribution in [-0.2, 0) is 17.4 Å². The fourth-order valence-corrected chi connectivity index (χ4v) is 3.92. The van der Waals surface area contributed by atoms with Crippen LogP contribution in [0.4, 0.5) is 18.9 Å². The van der Waals surface area contributed by atoms with Gasteiger partial charge in [0.05, 0.1) is 10.6 Å². The molecule has 9 heteroatoms. The number of benzene rings is 2. The van der Waals surface area contributed by atoms with Crippen LogP contribution >= 0.6 is 11.6 Å². The lowest BCUT2D eigenvalue weighted by Gasteiger charge is -2.36. The van der Waals surface area contributed by atoms with E-state index in [1.54, 1.807) is 34.1 Å². The topological polar surface area (TPSA) is 49.9 Å². The van der Waals surface area contributed by atoms with E-state index in [1.165, 1.54) is 6.07 Å². The standard InChI is InChI=1S/C21H18ClF3N2O3/c22-18-3-2-15(11-17(18)21(23,24)25)26-5-7-27(8-6-26)20(29)13-1-4-19-14(9-13)10-16(28)12-30-19/h1-4,9,11H,5-8,10,12H2. The lowest BCUT2D eigenvalue weighted by atomic mass is 10.0. The monoisotopic (exact) mass is 438 g/mol. The number of anilines is 1. The second-order valence-electron chi connectivity index (χ2n) is 7.27. The Morgan fingerprint density at radius 1 is 1.03 bits per heavy atom. The molecule has 1 saturated heterocycles. The smallest absolute Gasteiger partial charge is 0.417 e. The molecule has 0 atom stereocenters. The fourth-order valence-electron chi connectivity index (χ4n) is 3.69. The number of amides is 1. The third-order valence-corrected chi connectivity index (χ3v) is 5.60. The first-order chi connectivity index (χ1) is 14.2. The van der Waals surface area contributed by atoms with E-state index >= 15 is 0 Å². The number of carbonyl (C=O) groups is 2. The zero-order valence-corrected chi connectivity index (χ0v) is 16.6. The summed E-state index contributed by atoms with van der Waals surface area (Å²) in [6.07, 6.45) is -4.29. The van der Waals surface area contributed by atoms with E-state index in [9.17, 15) is 22.8 Å². The number of ketones is 1. The average Bonchev–Trinajstić information content (AvgIpc) is 2.72. The molecule has 4 rings (SSSR count). The molecule has 0 aliphatic carbocycles. The van der Waals surface area contributed by atoms with Crippen molar-refractivity contribution in [3.05, 3.63) is 58.1 Å². The summed E-state index contributed by atoms with van der Waals surface area (Å²) >= 11 is 5.69. The van der Waals surface area contributed by atoms with Crippen LogP contribution < -0.4 is 9.64 Å². The Kier molecular flexibility index (Phi) is 5.36. The number of Topliss-reactive ketones (excluding diaryl/α,β-unsaturated/α-hetero) is 1. The van der Waals surface area contributed by atoms with Gasteiger partial charge in [0.15, 0.2) is 5.78 Å². The third-order valence-electron chi connectivity index (χ3n) is 5.27. The number of ether oxygens (including phenoxy) is 1. The zero-order valence-electron chi connectivity index (χ0n) is 15.8. The Morgan fingerprint density at radius 3 is 2.47 bits per heavy atom. The number of hydrogen-bond donors (Lipinski definition) is 0. The van der Waals surface area contributed by atoms with Gasteiger partial charge < -0.3 is 14.5 Å². The summed E-state index contributed by atoms with van der Waals surface area (Å²) in [5.41, 5.74) is 0.706. The van der Waals surface area contributed by atoms with Crippen molar-refractivity contribution in [3.8, 4) is 5.75 Å². The van der Waals surface area contributed by atoms with Gasteiger partial charge >= 0.3 is 6.18 Å². The fraction of sp³-hybridized carbons (Fsp3) is 0.333. The average molecular weight is 439 g/mol. The molecule has 0 unspecified atom stereocenters. The SMILES string of the molecule is O=C1COc2ccc(C(=O)N3CCN(c4ccc(Cl)c(C(F)(F)F)c4)CC3)cc2C1. The molecule has 5 nitrogen and oxygen atoms in total. The van der Waals surface area contributed by atoms with Crippen molar-refractivity contribution >= 4 is 29.0 Å². The molecule has 2 aliphatic heterocycles. The molecular formula is C21H18ClF3N2O3. The second kappa shape index (κ2) is 7.83.